The van der Waals surface area contributed by atoms with Gasteiger partial charge in [-0.2, -0.15) is 0 Å². The highest BCUT2D eigenvalue weighted by Gasteiger charge is 2.23. The fraction of sp³-hybridized carbons (Fsp3) is 0.655. The van der Waals surface area contributed by atoms with Crippen molar-refractivity contribution in [3.8, 4) is 11.5 Å². The van der Waals surface area contributed by atoms with E-state index in [0.29, 0.717) is 35.8 Å². The van der Waals surface area contributed by atoms with Crippen LogP contribution in [0, 0.1) is 23.7 Å². The molecule has 0 radical (unpaired) electrons. The number of benzene rings is 1. The fourth-order valence-electron chi connectivity index (χ4n) is 4.25. The first-order chi connectivity index (χ1) is 16.6. The molecular weight excluding hydrogens is 440 g/mol. The maximum absolute atomic E-state index is 12.2. The lowest BCUT2D eigenvalue weighted by Gasteiger charge is -2.31. The van der Waals surface area contributed by atoms with E-state index in [0.717, 1.165) is 24.2 Å². The number of nitrogens with one attached hydrogen (secondary N) is 1. The summed E-state index contributed by atoms with van der Waals surface area (Å²) in [5.74, 6) is 4.05. The van der Waals surface area contributed by atoms with Gasteiger partial charge in [0.1, 0.15) is 17.3 Å². The second kappa shape index (κ2) is 15.5. The predicted molar refractivity (Wildman–Crippen MR) is 146 cm³/mol. The Morgan fingerprint density at radius 3 is 2.17 bits per heavy atom. The van der Waals surface area contributed by atoms with Crippen molar-refractivity contribution in [2.45, 2.75) is 67.2 Å². The molecule has 35 heavy (non-hydrogen) atoms. The molecule has 1 saturated carbocycles. The summed E-state index contributed by atoms with van der Waals surface area (Å²) in [6, 6.07) is 3.58. The molecule has 0 spiro atoms. The van der Waals surface area contributed by atoms with Gasteiger partial charge in [-0.3, -0.25) is 9.59 Å². The van der Waals surface area contributed by atoms with Gasteiger partial charge in [0.25, 0.3) is 0 Å². The molecule has 1 aliphatic carbocycles. The molecule has 1 fully saturated rings. The van der Waals surface area contributed by atoms with Gasteiger partial charge in [0, 0.05) is 37.7 Å². The zero-order valence-corrected chi connectivity index (χ0v) is 23.4. The molecule has 1 amide bonds. The molecule has 0 aromatic heterocycles. The number of amides is 1. The van der Waals surface area contributed by atoms with Gasteiger partial charge in [0.15, 0.2) is 0 Å². The Kier molecular flexibility index (Phi) is 13.5. The minimum absolute atomic E-state index is 0.0835. The molecule has 2 rings (SSSR count). The van der Waals surface area contributed by atoms with Crippen LogP contribution in [0.4, 0.5) is 5.69 Å². The zero-order valence-electron chi connectivity index (χ0n) is 23.4. The maximum atomic E-state index is 12.2. The molecule has 1 aromatic carbocycles. The third kappa shape index (κ3) is 9.58. The zero-order chi connectivity index (χ0) is 26.5. The molecular formula is C29H48N2O4. The molecule has 0 saturated heterocycles. The Morgan fingerprint density at radius 1 is 1.11 bits per heavy atom. The Morgan fingerprint density at radius 2 is 1.69 bits per heavy atom. The summed E-state index contributed by atoms with van der Waals surface area (Å²) < 4.78 is 10.9. The summed E-state index contributed by atoms with van der Waals surface area (Å²) in [7, 11) is 4.92. The maximum Gasteiger partial charge on any atom is 0.246 e. The van der Waals surface area contributed by atoms with Crippen LogP contribution in [0.3, 0.4) is 0 Å². The van der Waals surface area contributed by atoms with Crippen molar-refractivity contribution in [2.75, 3.05) is 39.7 Å². The molecule has 3 unspecified atom stereocenters. The van der Waals surface area contributed by atoms with Gasteiger partial charge >= 0.3 is 0 Å². The number of hydrogen-bond donors (Lipinski definition) is 1. The van der Waals surface area contributed by atoms with Crippen LogP contribution in [-0.4, -0.2) is 50.9 Å². The number of Topliss-reactive ketones (excluding diaryl/α,β-unsaturated/α-hetero) is 1. The normalized spacial score (nSPS) is 20.4. The average Bonchev–Trinajstić information content (AvgIpc) is 2.84. The first-order valence-electron chi connectivity index (χ1n) is 13.0. The third-order valence-electron chi connectivity index (χ3n) is 7.33. The average molecular weight is 489 g/mol. The number of carbonyl (C=O) groups is 2. The van der Waals surface area contributed by atoms with Crippen molar-refractivity contribution in [2.24, 2.45) is 23.7 Å². The summed E-state index contributed by atoms with van der Waals surface area (Å²) in [4.78, 5) is 25.4. The van der Waals surface area contributed by atoms with Crippen molar-refractivity contribution < 1.29 is 19.1 Å². The highest BCUT2D eigenvalue weighted by Crippen LogP contribution is 2.36. The van der Waals surface area contributed by atoms with E-state index in [4.69, 9.17) is 9.47 Å². The van der Waals surface area contributed by atoms with Crippen LogP contribution in [0.2, 0.25) is 0 Å². The predicted octanol–water partition coefficient (Wildman–Crippen LogP) is 6.30. The second-order valence-electron chi connectivity index (χ2n) is 9.99. The molecule has 3 atom stereocenters. The third-order valence-corrected chi connectivity index (χ3v) is 7.33. The van der Waals surface area contributed by atoms with Crippen molar-refractivity contribution in [1.82, 2.24) is 4.90 Å². The molecule has 1 aromatic rings. The van der Waals surface area contributed by atoms with Gasteiger partial charge in [-0.05, 0) is 49.3 Å². The topological polar surface area (TPSA) is 67.9 Å². The molecule has 1 N–H and O–H groups in total. The molecule has 6 heteroatoms. The van der Waals surface area contributed by atoms with Gasteiger partial charge < -0.3 is 19.7 Å². The standard InChI is InChI=1S/C20H30N2O4.C9H18/c1-7-12-22(4)19(24)11-8-16-17(25-5)9-10-18(26-6)20(16)21-13-14(2)15(3)23;1-7-5-4-6-8(2)9(7)3/h8-11,14,21H,7,12-13H2,1-6H3;7-9H,4-6H2,1-3H3/b11-8+;. The highest BCUT2D eigenvalue weighted by atomic mass is 16.5. The smallest absolute Gasteiger partial charge is 0.246 e. The first kappa shape index (κ1) is 30.5. The summed E-state index contributed by atoms with van der Waals surface area (Å²) in [5, 5.41) is 3.26. The molecule has 0 heterocycles. The summed E-state index contributed by atoms with van der Waals surface area (Å²) >= 11 is 0. The van der Waals surface area contributed by atoms with E-state index in [1.54, 1.807) is 51.3 Å². The van der Waals surface area contributed by atoms with Crippen LogP contribution in [0.25, 0.3) is 6.08 Å². The number of nitrogens with zero attached hydrogens (tertiary/aromatic N) is 1. The number of likely N-dealkylation sites (N-methyl/N-ethyl adjacent to an activating group) is 1. The largest absolute Gasteiger partial charge is 0.496 e. The highest BCUT2D eigenvalue weighted by molar-refractivity contribution is 5.94. The van der Waals surface area contributed by atoms with E-state index in [1.165, 1.54) is 25.3 Å². The first-order valence-corrected chi connectivity index (χ1v) is 13.0. The fourth-order valence-corrected chi connectivity index (χ4v) is 4.25. The van der Waals surface area contributed by atoms with Gasteiger partial charge in [0.2, 0.25) is 5.91 Å². The molecule has 1 aliphatic rings. The van der Waals surface area contributed by atoms with E-state index in [-0.39, 0.29) is 17.6 Å². The quantitative estimate of drug-likeness (QED) is 0.391. The summed E-state index contributed by atoms with van der Waals surface area (Å²) in [5.41, 5.74) is 1.41. The Labute approximate surface area is 213 Å². The van der Waals surface area contributed by atoms with Crippen molar-refractivity contribution in [3.05, 3.63) is 23.8 Å². The van der Waals surface area contributed by atoms with E-state index in [9.17, 15) is 9.59 Å². The number of ketones is 1. The monoisotopic (exact) mass is 488 g/mol. The summed E-state index contributed by atoms with van der Waals surface area (Å²) in [6.07, 6.45) is 8.53. The lowest BCUT2D eigenvalue weighted by molar-refractivity contribution is -0.124. The Bertz CT molecular complexity index is 826. The SMILES string of the molecule is CC1CCCC(C)C1C.CCCN(C)C(=O)/C=C/c1c(OC)ccc(OC)c1NCC(C)C(C)=O. The number of anilines is 1. The second-order valence-corrected chi connectivity index (χ2v) is 9.99. The van der Waals surface area contributed by atoms with Crippen LogP contribution < -0.4 is 14.8 Å². The van der Waals surface area contributed by atoms with Gasteiger partial charge in [0.05, 0.1) is 19.9 Å². The van der Waals surface area contributed by atoms with Crippen LogP contribution in [0.15, 0.2) is 18.2 Å². The minimum atomic E-state index is -0.139. The van der Waals surface area contributed by atoms with Crippen LogP contribution in [-0.2, 0) is 9.59 Å². The van der Waals surface area contributed by atoms with Crippen LogP contribution in [0.1, 0.15) is 72.8 Å². The lowest BCUT2D eigenvalue weighted by Crippen LogP contribution is -2.25. The van der Waals surface area contributed by atoms with Gasteiger partial charge in [-0.1, -0.05) is 53.9 Å². The van der Waals surface area contributed by atoms with Crippen molar-refractivity contribution in [3.63, 3.8) is 0 Å². The Hall–Kier alpha value is -2.50. The number of methoxy groups -OCH3 is 2. The summed E-state index contributed by atoms with van der Waals surface area (Å²) in [6.45, 7) is 13.8. The van der Waals surface area contributed by atoms with E-state index < -0.39 is 0 Å². The van der Waals surface area contributed by atoms with E-state index in [2.05, 4.69) is 26.1 Å². The number of ether oxygens (including phenoxy) is 2. The van der Waals surface area contributed by atoms with Crippen LogP contribution >= 0.6 is 0 Å². The lowest BCUT2D eigenvalue weighted by atomic mass is 9.75. The minimum Gasteiger partial charge on any atom is -0.496 e. The molecule has 0 aliphatic heterocycles. The van der Waals surface area contributed by atoms with Crippen LogP contribution in [0.5, 0.6) is 11.5 Å². The molecule has 0 bridgehead atoms. The Balaban J connectivity index is 0.000000566. The number of hydrogen-bond acceptors (Lipinski definition) is 5. The van der Waals surface area contributed by atoms with Gasteiger partial charge in [-0.15, -0.1) is 0 Å². The number of carbonyl (C=O) groups excluding carboxylic acids is 2. The number of rotatable bonds is 10. The molecule has 6 nitrogen and oxygen atoms in total. The van der Waals surface area contributed by atoms with E-state index >= 15 is 0 Å². The van der Waals surface area contributed by atoms with E-state index in [1.807, 2.05) is 13.8 Å². The van der Waals surface area contributed by atoms with Gasteiger partial charge in [-0.25, -0.2) is 0 Å². The van der Waals surface area contributed by atoms with Crippen molar-refractivity contribution >= 4 is 23.5 Å². The van der Waals surface area contributed by atoms with Crippen molar-refractivity contribution in [1.29, 1.82) is 0 Å². The molecule has 198 valence electrons.